The first-order valence-electron chi connectivity index (χ1n) is 6.43. The predicted octanol–water partition coefficient (Wildman–Crippen LogP) is 2.24. The first kappa shape index (κ1) is 14.5. The summed E-state index contributed by atoms with van der Waals surface area (Å²) < 4.78 is 20.9. The summed E-state index contributed by atoms with van der Waals surface area (Å²) in [6, 6.07) is 4.59. The molecule has 0 aliphatic carbocycles. The number of halogens is 1. The number of hydrogen-bond donors (Lipinski definition) is 1. The van der Waals surface area contributed by atoms with Gasteiger partial charge in [0.1, 0.15) is 18.2 Å². The lowest BCUT2D eigenvalue weighted by Crippen LogP contribution is -2.10. The third-order valence-corrected chi connectivity index (χ3v) is 2.93. The first-order chi connectivity index (χ1) is 9.56. The number of aromatic nitrogens is 3. The van der Waals surface area contributed by atoms with Crippen molar-refractivity contribution in [3.8, 4) is 17.1 Å². The van der Waals surface area contributed by atoms with Crippen molar-refractivity contribution in [2.24, 2.45) is 5.92 Å². The number of ether oxygens (including phenoxy) is 1. The van der Waals surface area contributed by atoms with Gasteiger partial charge in [-0.2, -0.15) is 0 Å². The average Bonchev–Trinajstić information content (AvgIpc) is 2.80. The van der Waals surface area contributed by atoms with E-state index >= 15 is 0 Å². The Labute approximate surface area is 117 Å². The van der Waals surface area contributed by atoms with Gasteiger partial charge in [0.25, 0.3) is 0 Å². The van der Waals surface area contributed by atoms with Gasteiger partial charge < -0.3 is 14.4 Å². The maximum absolute atomic E-state index is 14.1. The maximum Gasteiger partial charge on any atom is 0.167 e. The Morgan fingerprint density at radius 3 is 2.65 bits per heavy atom. The van der Waals surface area contributed by atoms with Crippen LogP contribution in [0.2, 0.25) is 0 Å². The van der Waals surface area contributed by atoms with Crippen LogP contribution in [0.15, 0.2) is 18.2 Å². The van der Waals surface area contributed by atoms with Gasteiger partial charge in [-0.15, -0.1) is 10.2 Å². The van der Waals surface area contributed by atoms with Gasteiger partial charge in [0, 0.05) is 12.6 Å². The van der Waals surface area contributed by atoms with Crippen LogP contribution < -0.4 is 4.74 Å². The molecule has 0 bridgehead atoms. The molecule has 1 aromatic carbocycles. The fourth-order valence-electron chi connectivity index (χ4n) is 2.01. The summed E-state index contributed by atoms with van der Waals surface area (Å²) in [4.78, 5) is 0. The van der Waals surface area contributed by atoms with Crippen molar-refractivity contribution in [2.45, 2.75) is 27.0 Å². The second-order valence-corrected chi connectivity index (χ2v) is 4.95. The largest absolute Gasteiger partial charge is 0.497 e. The minimum absolute atomic E-state index is 0.225. The Balaban J connectivity index is 2.49. The monoisotopic (exact) mass is 279 g/mol. The molecule has 0 atom stereocenters. The van der Waals surface area contributed by atoms with Crippen LogP contribution in [-0.2, 0) is 13.2 Å². The van der Waals surface area contributed by atoms with Gasteiger partial charge in [0.15, 0.2) is 11.6 Å². The molecule has 0 aliphatic rings. The Bertz CT molecular complexity index is 596. The van der Waals surface area contributed by atoms with Crippen LogP contribution in [0.5, 0.6) is 5.75 Å². The van der Waals surface area contributed by atoms with Crippen LogP contribution in [0, 0.1) is 11.7 Å². The van der Waals surface area contributed by atoms with Gasteiger partial charge in [-0.1, -0.05) is 13.8 Å². The van der Waals surface area contributed by atoms with Crippen LogP contribution in [0.3, 0.4) is 0 Å². The molecule has 0 saturated carbocycles. The number of hydrogen-bond acceptors (Lipinski definition) is 4. The number of nitrogens with zero attached hydrogens (tertiary/aromatic N) is 3. The molecule has 1 N–H and O–H groups in total. The fourth-order valence-corrected chi connectivity index (χ4v) is 2.01. The quantitative estimate of drug-likeness (QED) is 0.912. The van der Waals surface area contributed by atoms with E-state index in [2.05, 4.69) is 10.2 Å². The van der Waals surface area contributed by atoms with Crippen LogP contribution in [0.25, 0.3) is 11.4 Å². The van der Waals surface area contributed by atoms with Crippen molar-refractivity contribution in [3.63, 3.8) is 0 Å². The molecule has 108 valence electrons. The number of benzene rings is 1. The lowest BCUT2D eigenvalue weighted by molar-refractivity contribution is 0.262. The van der Waals surface area contributed by atoms with E-state index in [1.165, 1.54) is 13.2 Å². The second kappa shape index (κ2) is 6.00. The third-order valence-electron chi connectivity index (χ3n) is 2.93. The Hall–Kier alpha value is -1.95. The van der Waals surface area contributed by atoms with Crippen molar-refractivity contribution in [1.29, 1.82) is 0 Å². The summed E-state index contributed by atoms with van der Waals surface area (Å²) in [5.41, 5.74) is 0.346. The summed E-state index contributed by atoms with van der Waals surface area (Å²) in [6.45, 7) is 4.46. The molecular weight excluding hydrogens is 261 g/mol. The van der Waals surface area contributed by atoms with Gasteiger partial charge in [0.2, 0.25) is 0 Å². The molecule has 0 saturated heterocycles. The van der Waals surface area contributed by atoms with Crippen molar-refractivity contribution in [2.75, 3.05) is 7.11 Å². The zero-order chi connectivity index (χ0) is 14.7. The van der Waals surface area contributed by atoms with E-state index in [-0.39, 0.29) is 6.61 Å². The van der Waals surface area contributed by atoms with E-state index in [0.29, 0.717) is 35.4 Å². The Morgan fingerprint density at radius 1 is 1.35 bits per heavy atom. The second-order valence-electron chi connectivity index (χ2n) is 4.95. The molecule has 2 aromatic rings. The molecule has 0 radical (unpaired) electrons. The molecule has 0 fully saturated rings. The van der Waals surface area contributed by atoms with E-state index in [0.717, 1.165) is 0 Å². The topological polar surface area (TPSA) is 60.2 Å². The molecule has 2 rings (SSSR count). The van der Waals surface area contributed by atoms with E-state index < -0.39 is 5.82 Å². The average molecular weight is 279 g/mol. The zero-order valence-electron chi connectivity index (χ0n) is 11.8. The first-order valence-corrected chi connectivity index (χ1v) is 6.43. The van der Waals surface area contributed by atoms with Gasteiger partial charge >= 0.3 is 0 Å². The van der Waals surface area contributed by atoms with E-state index in [9.17, 15) is 9.50 Å². The molecule has 0 unspecified atom stereocenters. The number of methoxy groups -OCH3 is 1. The van der Waals surface area contributed by atoms with Crippen molar-refractivity contribution in [1.82, 2.24) is 14.8 Å². The summed E-state index contributed by atoms with van der Waals surface area (Å²) in [5.74, 6) is 1.21. The van der Waals surface area contributed by atoms with Gasteiger partial charge in [-0.3, -0.25) is 0 Å². The Morgan fingerprint density at radius 2 is 2.10 bits per heavy atom. The van der Waals surface area contributed by atoms with Crippen LogP contribution in [0.4, 0.5) is 4.39 Å². The molecule has 0 spiro atoms. The molecule has 20 heavy (non-hydrogen) atoms. The highest BCUT2D eigenvalue weighted by molar-refractivity contribution is 5.57. The normalized spacial score (nSPS) is 11.1. The van der Waals surface area contributed by atoms with E-state index in [4.69, 9.17) is 4.74 Å². The van der Waals surface area contributed by atoms with E-state index in [1.807, 2.05) is 13.8 Å². The highest BCUT2D eigenvalue weighted by atomic mass is 19.1. The smallest absolute Gasteiger partial charge is 0.167 e. The van der Waals surface area contributed by atoms with Gasteiger partial charge in [-0.25, -0.2) is 4.39 Å². The van der Waals surface area contributed by atoms with Gasteiger partial charge in [0.05, 0.1) is 12.7 Å². The number of aliphatic hydroxyl groups is 1. The van der Waals surface area contributed by atoms with Crippen LogP contribution in [-0.4, -0.2) is 27.0 Å². The minimum Gasteiger partial charge on any atom is -0.497 e. The summed E-state index contributed by atoms with van der Waals surface area (Å²) in [7, 11) is 1.49. The summed E-state index contributed by atoms with van der Waals surface area (Å²) in [5, 5.41) is 17.2. The predicted molar refractivity (Wildman–Crippen MR) is 72.7 cm³/mol. The number of aliphatic hydroxyl groups excluding tert-OH is 1. The molecule has 6 heteroatoms. The summed E-state index contributed by atoms with van der Waals surface area (Å²) in [6.07, 6.45) is 0. The van der Waals surface area contributed by atoms with Gasteiger partial charge in [-0.05, 0) is 18.1 Å². The fraction of sp³-hybridized carbons (Fsp3) is 0.429. The molecular formula is C14H18FN3O2. The zero-order valence-corrected chi connectivity index (χ0v) is 11.8. The minimum atomic E-state index is -0.425. The highest BCUT2D eigenvalue weighted by Gasteiger charge is 2.17. The Kier molecular flexibility index (Phi) is 4.34. The lowest BCUT2D eigenvalue weighted by atomic mass is 10.1. The van der Waals surface area contributed by atoms with E-state index in [1.54, 1.807) is 16.7 Å². The molecule has 5 nitrogen and oxygen atoms in total. The number of rotatable bonds is 5. The molecule has 1 heterocycles. The van der Waals surface area contributed by atoms with Crippen LogP contribution in [0.1, 0.15) is 19.7 Å². The van der Waals surface area contributed by atoms with Crippen molar-refractivity contribution >= 4 is 0 Å². The highest BCUT2D eigenvalue weighted by Crippen LogP contribution is 2.26. The third kappa shape index (κ3) is 2.80. The lowest BCUT2D eigenvalue weighted by Gasteiger charge is -2.12. The standard InChI is InChI=1S/C14H18FN3O2/c1-9(2)7-18-13(8-19)16-17-14(18)11-5-4-10(20-3)6-12(11)15/h4-6,9,19H,7-8H2,1-3H3. The summed E-state index contributed by atoms with van der Waals surface area (Å²) >= 11 is 0. The molecule has 0 aliphatic heterocycles. The van der Waals surface area contributed by atoms with Crippen LogP contribution >= 0.6 is 0 Å². The SMILES string of the molecule is COc1ccc(-c2nnc(CO)n2CC(C)C)c(F)c1. The van der Waals surface area contributed by atoms with Crippen molar-refractivity contribution < 1.29 is 14.2 Å². The molecule has 0 amide bonds. The molecule has 1 aromatic heterocycles. The van der Waals surface area contributed by atoms with Crippen molar-refractivity contribution in [3.05, 3.63) is 29.8 Å². The maximum atomic E-state index is 14.1.